The van der Waals surface area contributed by atoms with Gasteiger partial charge in [0.05, 0.1) is 12.3 Å². The number of carbonyl (C=O) groups excluding carboxylic acids is 1. The van der Waals surface area contributed by atoms with Crippen molar-refractivity contribution in [1.82, 2.24) is 14.9 Å². The van der Waals surface area contributed by atoms with Crippen LogP contribution in [0.2, 0.25) is 0 Å². The molecule has 1 amide bonds. The van der Waals surface area contributed by atoms with Crippen molar-refractivity contribution in [2.24, 2.45) is 0 Å². The van der Waals surface area contributed by atoms with E-state index in [0.717, 1.165) is 25.7 Å². The molecule has 0 saturated heterocycles. The highest BCUT2D eigenvalue weighted by Crippen LogP contribution is 2.37. The molecule has 1 aliphatic carbocycles. The van der Waals surface area contributed by atoms with Gasteiger partial charge in [-0.2, -0.15) is 0 Å². The Morgan fingerprint density at radius 2 is 2.14 bits per heavy atom. The van der Waals surface area contributed by atoms with Crippen molar-refractivity contribution in [3.63, 3.8) is 0 Å². The van der Waals surface area contributed by atoms with Crippen LogP contribution in [-0.4, -0.2) is 45.6 Å². The van der Waals surface area contributed by atoms with Gasteiger partial charge in [0.1, 0.15) is 11.4 Å². The minimum atomic E-state index is -0.367. The summed E-state index contributed by atoms with van der Waals surface area (Å²) in [5.41, 5.74) is 0.211. The molecule has 21 heavy (non-hydrogen) atoms. The van der Waals surface area contributed by atoms with Gasteiger partial charge in [-0.25, -0.2) is 4.98 Å². The van der Waals surface area contributed by atoms with Gasteiger partial charge in [0, 0.05) is 19.0 Å². The summed E-state index contributed by atoms with van der Waals surface area (Å²) in [5.74, 6) is 0.691. The van der Waals surface area contributed by atoms with E-state index in [4.69, 9.17) is 5.11 Å². The zero-order valence-corrected chi connectivity index (χ0v) is 12.7. The van der Waals surface area contributed by atoms with Crippen molar-refractivity contribution >= 4 is 5.91 Å². The quantitative estimate of drug-likeness (QED) is 0.790. The monoisotopic (exact) mass is 293 g/mol. The average molecular weight is 293 g/mol. The summed E-state index contributed by atoms with van der Waals surface area (Å²) in [4.78, 5) is 33.4. The molecule has 1 aromatic rings. The number of hydrogen-bond donors (Lipinski definition) is 2. The second kappa shape index (κ2) is 6.85. The lowest BCUT2D eigenvalue weighted by atomic mass is 10.2. The summed E-state index contributed by atoms with van der Waals surface area (Å²) in [6.45, 7) is 4.40. The fraction of sp³-hybridized carbons (Fsp3) is 0.667. The second-order valence-corrected chi connectivity index (χ2v) is 5.56. The van der Waals surface area contributed by atoms with Gasteiger partial charge in [-0.1, -0.05) is 13.3 Å². The number of rotatable bonds is 7. The van der Waals surface area contributed by atoms with Gasteiger partial charge in [0.25, 0.3) is 11.5 Å². The first-order chi connectivity index (χ1) is 10.1. The number of nitrogens with zero attached hydrogens (tertiary/aromatic N) is 2. The lowest BCUT2D eigenvalue weighted by Crippen LogP contribution is -2.38. The normalized spacial score (nSPS) is 14.2. The van der Waals surface area contributed by atoms with E-state index in [1.165, 1.54) is 4.90 Å². The van der Waals surface area contributed by atoms with Crippen LogP contribution in [0.3, 0.4) is 0 Å². The molecule has 0 aromatic carbocycles. The van der Waals surface area contributed by atoms with Crippen molar-refractivity contribution in [2.45, 2.75) is 45.4 Å². The summed E-state index contributed by atoms with van der Waals surface area (Å²) < 4.78 is 0. The molecule has 6 heteroatoms. The Bertz CT molecular complexity index is 564. The number of H-pyrrole nitrogens is 1. The number of aryl methyl sites for hydroxylation is 1. The number of amides is 1. The van der Waals surface area contributed by atoms with Crippen molar-refractivity contribution in [3.05, 3.63) is 27.4 Å². The number of hydrogen-bond acceptors (Lipinski definition) is 4. The number of carbonyl (C=O) groups is 1. The third kappa shape index (κ3) is 3.69. The fourth-order valence-electron chi connectivity index (χ4n) is 2.35. The summed E-state index contributed by atoms with van der Waals surface area (Å²) in [5, 5.41) is 9.10. The largest absolute Gasteiger partial charge is 0.395 e. The van der Waals surface area contributed by atoms with Crippen molar-refractivity contribution in [3.8, 4) is 0 Å². The SMILES string of the molecule is CCCCN(CCO)C(=O)c1c(C)nc(C2CC2)[nH]c1=O. The van der Waals surface area contributed by atoms with Gasteiger partial charge in [-0.05, 0) is 26.2 Å². The Balaban J connectivity index is 2.26. The zero-order valence-electron chi connectivity index (χ0n) is 12.7. The zero-order chi connectivity index (χ0) is 15.4. The highest BCUT2D eigenvalue weighted by molar-refractivity contribution is 5.94. The van der Waals surface area contributed by atoms with Gasteiger partial charge in [-0.3, -0.25) is 9.59 Å². The summed E-state index contributed by atoms with van der Waals surface area (Å²) in [6, 6.07) is 0. The Morgan fingerprint density at radius 1 is 1.43 bits per heavy atom. The molecule has 1 fully saturated rings. The maximum atomic E-state index is 12.5. The van der Waals surface area contributed by atoms with Crippen LogP contribution in [0, 0.1) is 6.92 Å². The molecule has 1 heterocycles. The number of unbranched alkanes of at least 4 members (excludes halogenated alkanes) is 1. The predicted molar refractivity (Wildman–Crippen MR) is 79.5 cm³/mol. The highest BCUT2D eigenvalue weighted by Gasteiger charge is 2.29. The third-order valence-corrected chi connectivity index (χ3v) is 3.74. The summed E-state index contributed by atoms with van der Waals surface area (Å²) in [6.07, 6.45) is 3.88. The van der Waals surface area contributed by atoms with Gasteiger partial charge in [0.15, 0.2) is 0 Å². The molecule has 2 N–H and O–H groups in total. The maximum absolute atomic E-state index is 12.5. The van der Waals surface area contributed by atoms with Crippen LogP contribution in [0.1, 0.15) is 60.4 Å². The molecule has 1 aromatic heterocycles. The van der Waals surface area contributed by atoms with Crippen molar-refractivity contribution < 1.29 is 9.90 Å². The fourth-order valence-corrected chi connectivity index (χ4v) is 2.35. The van der Waals surface area contributed by atoms with Crippen LogP contribution < -0.4 is 5.56 Å². The number of aromatic nitrogens is 2. The standard InChI is InChI=1S/C15H23N3O3/c1-3-4-7-18(8-9-19)15(21)12-10(2)16-13(11-5-6-11)17-14(12)20/h11,19H,3-9H2,1-2H3,(H,16,17,20). The lowest BCUT2D eigenvalue weighted by molar-refractivity contribution is 0.0716. The second-order valence-electron chi connectivity index (χ2n) is 5.56. The van der Waals surface area contributed by atoms with E-state index >= 15 is 0 Å². The average Bonchev–Trinajstić information content (AvgIpc) is 3.26. The summed E-state index contributed by atoms with van der Waals surface area (Å²) >= 11 is 0. The van der Waals surface area contributed by atoms with Gasteiger partial charge >= 0.3 is 0 Å². The van der Waals surface area contributed by atoms with E-state index < -0.39 is 0 Å². The molecule has 116 valence electrons. The number of aromatic amines is 1. The van der Waals surface area contributed by atoms with E-state index in [2.05, 4.69) is 9.97 Å². The molecule has 0 aliphatic heterocycles. The molecule has 1 saturated carbocycles. The maximum Gasteiger partial charge on any atom is 0.264 e. The molecule has 0 radical (unpaired) electrons. The van der Waals surface area contributed by atoms with E-state index in [1.807, 2.05) is 6.92 Å². The predicted octanol–water partition coefficient (Wildman–Crippen LogP) is 1.19. The molecule has 0 bridgehead atoms. The van der Waals surface area contributed by atoms with E-state index in [9.17, 15) is 9.59 Å². The van der Waals surface area contributed by atoms with Crippen LogP contribution in [0.5, 0.6) is 0 Å². The number of nitrogens with one attached hydrogen (secondary N) is 1. The number of aliphatic hydroxyl groups is 1. The topological polar surface area (TPSA) is 86.3 Å². The van der Waals surface area contributed by atoms with Crippen LogP contribution in [-0.2, 0) is 0 Å². The van der Waals surface area contributed by atoms with E-state index in [1.54, 1.807) is 6.92 Å². The molecule has 2 rings (SSSR count). The smallest absolute Gasteiger partial charge is 0.264 e. The highest BCUT2D eigenvalue weighted by atomic mass is 16.3. The first-order valence-corrected chi connectivity index (χ1v) is 7.59. The Hall–Kier alpha value is -1.69. The molecular formula is C15H23N3O3. The van der Waals surface area contributed by atoms with Crippen LogP contribution in [0.25, 0.3) is 0 Å². The lowest BCUT2D eigenvalue weighted by Gasteiger charge is -2.21. The van der Waals surface area contributed by atoms with Crippen LogP contribution in [0.4, 0.5) is 0 Å². The van der Waals surface area contributed by atoms with Crippen LogP contribution in [0.15, 0.2) is 4.79 Å². The van der Waals surface area contributed by atoms with E-state index in [0.29, 0.717) is 24.0 Å². The first kappa shape index (κ1) is 15.7. The van der Waals surface area contributed by atoms with Crippen LogP contribution >= 0.6 is 0 Å². The number of aliphatic hydroxyl groups excluding tert-OH is 1. The summed E-state index contributed by atoms with van der Waals surface area (Å²) in [7, 11) is 0. The minimum Gasteiger partial charge on any atom is -0.395 e. The molecule has 0 atom stereocenters. The Morgan fingerprint density at radius 3 is 2.67 bits per heavy atom. The molecule has 6 nitrogen and oxygen atoms in total. The minimum absolute atomic E-state index is 0.101. The molecular weight excluding hydrogens is 270 g/mol. The molecule has 0 unspecified atom stereocenters. The van der Waals surface area contributed by atoms with Gasteiger partial charge in [0.2, 0.25) is 0 Å². The Kier molecular flexibility index (Phi) is 5.12. The third-order valence-electron chi connectivity index (χ3n) is 3.74. The van der Waals surface area contributed by atoms with Gasteiger partial charge in [-0.15, -0.1) is 0 Å². The molecule has 1 aliphatic rings. The molecule has 0 spiro atoms. The van der Waals surface area contributed by atoms with Crippen molar-refractivity contribution in [1.29, 1.82) is 0 Å². The van der Waals surface area contributed by atoms with Gasteiger partial charge < -0.3 is 15.0 Å². The van der Waals surface area contributed by atoms with E-state index in [-0.39, 0.29) is 30.2 Å². The first-order valence-electron chi connectivity index (χ1n) is 7.59. The van der Waals surface area contributed by atoms with Crippen molar-refractivity contribution in [2.75, 3.05) is 19.7 Å². The Labute approximate surface area is 124 Å².